The number of nitrogens with one attached hydrogen (secondary N) is 2. The number of rotatable bonds is 5. The first-order valence-corrected chi connectivity index (χ1v) is 8.73. The van der Waals surface area contributed by atoms with Gasteiger partial charge in [0, 0.05) is 17.4 Å². The second-order valence-corrected chi connectivity index (χ2v) is 6.91. The molecule has 1 atom stereocenters. The smallest absolute Gasteiger partial charge is 0.286 e. The third kappa shape index (κ3) is 3.57. The number of carbonyl (C=O) groups excluding carboxylic acids is 3. The van der Waals surface area contributed by atoms with E-state index in [1.165, 1.54) is 11.3 Å². The van der Waals surface area contributed by atoms with Crippen molar-refractivity contribution >= 4 is 45.3 Å². The number of nitrogens with zero attached hydrogens (tertiary/aromatic N) is 1. The van der Waals surface area contributed by atoms with Gasteiger partial charge in [-0.2, -0.15) is 0 Å². The quantitative estimate of drug-likeness (QED) is 0.847. The van der Waals surface area contributed by atoms with Crippen molar-refractivity contribution in [1.82, 2.24) is 10.3 Å². The van der Waals surface area contributed by atoms with E-state index in [2.05, 4.69) is 15.6 Å². The number of amides is 3. The summed E-state index contributed by atoms with van der Waals surface area (Å²) in [6.07, 6.45) is -0.0776. The number of thiazole rings is 1. The van der Waals surface area contributed by atoms with Crippen LogP contribution in [0.15, 0.2) is 29.6 Å². The Bertz CT molecular complexity index is 806. The number of aromatic nitrogens is 1. The van der Waals surface area contributed by atoms with Crippen molar-refractivity contribution in [2.24, 2.45) is 0 Å². The Balaban J connectivity index is 1.67. The molecule has 0 aliphatic carbocycles. The molecule has 0 saturated carbocycles. The summed E-state index contributed by atoms with van der Waals surface area (Å²) < 4.78 is 5.30. The Morgan fingerprint density at radius 2 is 2.17 bits per heavy atom. The van der Waals surface area contributed by atoms with Gasteiger partial charge in [0.25, 0.3) is 5.24 Å². The molecule has 3 rings (SSSR count). The molecule has 0 bridgehead atoms. The highest BCUT2D eigenvalue weighted by Gasteiger charge is 2.33. The highest BCUT2D eigenvalue weighted by atomic mass is 32.2. The lowest BCUT2D eigenvalue weighted by atomic mass is 10.1. The number of anilines is 1. The van der Waals surface area contributed by atoms with Gasteiger partial charge in [0.05, 0.1) is 12.8 Å². The van der Waals surface area contributed by atoms with Gasteiger partial charge in [0.2, 0.25) is 11.8 Å². The van der Waals surface area contributed by atoms with Crippen molar-refractivity contribution in [3.63, 3.8) is 0 Å². The van der Waals surface area contributed by atoms with Gasteiger partial charge in [0.1, 0.15) is 11.0 Å². The molecule has 1 aliphatic rings. The van der Waals surface area contributed by atoms with Crippen molar-refractivity contribution in [1.29, 1.82) is 0 Å². The van der Waals surface area contributed by atoms with Gasteiger partial charge in [-0.25, -0.2) is 4.98 Å². The Morgan fingerprint density at radius 1 is 1.38 bits per heavy atom. The average molecular weight is 363 g/mol. The van der Waals surface area contributed by atoms with Crippen molar-refractivity contribution in [2.45, 2.75) is 11.7 Å². The standard InChI is InChI=1S/C15H13N3O4S2/c1-22-10-5-3-2-4-8(10)9-7-23-14(16-9)17-12(19)6-11-13(20)18-15(21)24-11/h2-5,7,11H,6H2,1H3,(H,16,17,19)(H,18,20,21). The monoisotopic (exact) mass is 363 g/mol. The lowest BCUT2D eigenvalue weighted by Gasteiger charge is -2.05. The molecule has 2 heterocycles. The van der Waals surface area contributed by atoms with Gasteiger partial charge in [-0.1, -0.05) is 23.9 Å². The zero-order chi connectivity index (χ0) is 17.1. The zero-order valence-corrected chi connectivity index (χ0v) is 14.2. The van der Waals surface area contributed by atoms with Crippen LogP contribution < -0.4 is 15.4 Å². The summed E-state index contributed by atoms with van der Waals surface area (Å²) in [4.78, 5) is 39.0. The van der Waals surface area contributed by atoms with Crippen molar-refractivity contribution in [2.75, 3.05) is 12.4 Å². The SMILES string of the molecule is COc1ccccc1-c1csc(NC(=O)CC2SC(=O)NC2=O)n1. The van der Waals surface area contributed by atoms with Crippen LogP contribution in [0.1, 0.15) is 6.42 Å². The van der Waals surface area contributed by atoms with E-state index >= 15 is 0 Å². The number of methoxy groups -OCH3 is 1. The first-order valence-electron chi connectivity index (χ1n) is 6.97. The number of para-hydroxylation sites is 1. The molecular weight excluding hydrogens is 350 g/mol. The fraction of sp³-hybridized carbons (Fsp3) is 0.200. The summed E-state index contributed by atoms with van der Waals surface area (Å²) in [5, 5.41) is 5.93. The largest absolute Gasteiger partial charge is 0.496 e. The summed E-state index contributed by atoms with van der Waals surface area (Å²) >= 11 is 2.10. The second-order valence-electron chi connectivity index (χ2n) is 4.87. The van der Waals surface area contributed by atoms with Crippen LogP contribution >= 0.6 is 23.1 Å². The predicted molar refractivity (Wildman–Crippen MR) is 92.3 cm³/mol. The van der Waals surface area contributed by atoms with E-state index in [1.54, 1.807) is 7.11 Å². The summed E-state index contributed by atoms with van der Waals surface area (Å²) in [5.41, 5.74) is 1.52. The Labute approximate surface area is 145 Å². The van der Waals surface area contributed by atoms with Crippen LogP contribution in [0.25, 0.3) is 11.3 Å². The first kappa shape index (κ1) is 16.5. The number of hydrogen-bond acceptors (Lipinski definition) is 7. The molecular formula is C15H13N3O4S2. The summed E-state index contributed by atoms with van der Waals surface area (Å²) in [6.45, 7) is 0. The number of imide groups is 1. The van der Waals surface area contributed by atoms with Crippen LogP contribution in [-0.4, -0.2) is 34.4 Å². The Morgan fingerprint density at radius 3 is 2.88 bits per heavy atom. The first-order chi connectivity index (χ1) is 11.6. The maximum Gasteiger partial charge on any atom is 0.286 e. The highest BCUT2D eigenvalue weighted by molar-refractivity contribution is 8.15. The van der Waals surface area contributed by atoms with E-state index in [0.717, 1.165) is 17.3 Å². The van der Waals surface area contributed by atoms with Gasteiger partial charge >= 0.3 is 0 Å². The molecule has 2 N–H and O–H groups in total. The van der Waals surface area contributed by atoms with Crippen LogP contribution in [0.3, 0.4) is 0 Å². The maximum absolute atomic E-state index is 12.0. The van der Waals surface area contributed by atoms with Gasteiger partial charge in [-0.15, -0.1) is 11.3 Å². The normalized spacial score (nSPS) is 16.8. The third-order valence-electron chi connectivity index (χ3n) is 3.27. The van der Waals surface area contributed by atoms with Crippen LogP contribution in [0.2, 0.25) is 0 Å². The molecule has 1 aromatic heterocycles. The average Bonchev–Trinajstić information content (AvgIpc) is 3.14. The molecule has 0 radical (unpaired) electrons. The summed E-state index contributed by atoms with van der Waals surface area (Å²) in [7, 11) is 1.58. The summed E-state index contributed by atoms with van der Waals surface area (Å²) in [5.74, 6) is -0.106. The molecule has 3 amide bonds. The van der Waals surface area contributed by atoms with E-state index in [1.807, 2.05) is 29.6 Å². The fourth-order valence-electron chi connectivity index (χ4n) is 2.18. The predicted octanol–water partition coefficient (Wildman–Crippen LogP) is 2.50. The van der Waals surface area contributed by atoms with Crippen molar-refractivity contribution in [3.8, 4) is 17.0 Å². The van der Waals surface area contributed by atoms with Gasteiger partial charge in [-0.05, 0) is 12.1 Å². The Kier molecular flexibility index (Phi) is 4.81. The second kappa shape index (κ2) is 7.02. The Hall–Kier alpha value is -2.39. The van der Waals surface area contributed by atoms with E-state index < -0.39 is 16.4 Å². The van der Waals surface area contributed by atoms with Gasteiger partial charge < -0.3 is 10.1 Å². The molecule has 24 heavy (non-hydrogen) atoms. The molecule has 124 valence electrons. The van der Waals surface area contributed by atoms with Crippen molar-refractivity contribution in [3.05, 3.63) is 29.6 Å². The molecule has 1 aromatic carbocycles. The molecule has 1 unspecified atom stereocenters. The highest BCUT2D eigenvalue weighted by Crippen LogP contribution is 2.32. The van der Waals surface area contributed by atoms with Crippen LogP contribution in [0.5, 0.6) is 5.75 Å². The number of carbonyl (C=O) groups is 3. The minimum atomic E-state index is -0.689. The van der Waals surface area contributed by atoms with Gasteiger partial charge in [-0.3, -0.25) is 19.7 Å². The molecule has 0 spiro atoms. The lowest BCUT2D eigenvalue weighted by Crippen LogP contribution is -2.27. The lowest BCUT2D eigenvalue weighted by molar-refractivity contribution is -0.122. The number of ether oxygens (including phenoxy) is 1. The molecule has 1 fully saturated rings. The fourth-order valence-corrected chi connectivity index (χ4v) is 3.72. The van der Waals surface area contributed by atoms with Crippen LogP contribution in [-0.2, 0) is 9.59 Å². The van der Waals surface area contributed by atoms with Crippen LogP contribution in [0.4, 0.5) is 9.93 Å². The molecule has 2 aromatic rings. The molecule has 9 heteroatoms. The molecule has 7 nitrogen and oxygen atoms in total. The van der Waals surface area contributed by atoms with E-state index in [0.29, 0.717) is 16.6 Å². The summed E-state index contributed by atoms with van der Waals surface area (Å²) in [6, 6.07) is 7.45. The number of benzene rings is 1. The number of hydrogen-bond donors (Lipinski definition) is 2. The molecule has 1 saturated heterocycles. The van der Waals surface area contributed by atoms with E-state index in [9.17, 15) is 14.4 Å². The van der Waals surface area contributed by atoms with E-state index in [4.69, 9.17) is 4.74 Å². The third-order valence-corrected chi connectivity index (χ3v) is 5.01. The maximum atomic E-state index is 12.0. The minimum absolute atomic E-state index is 0.0776. The topological polar surface area (TPSA) is 97.4 Å². The zero-order valence-electron chi connectivity index (χ0n) is 12.6. The van der Waals surface area contributed by atoms with Gasteiger partial charge in [0.15, 0.2) is 5.13 Å². The molecule has 1 aliphatic heterocycles. The van der Waals surface area contributed by atoms with Crippen molar-refractivity contribution < 1.29 is 19.1 Å². The number of thioether (sulfide) groups is 1. The van der Waals surface area contributed by atoms with E-state index in [-0.39, 0.29) is 12.3 Å². The van der Waals surface area contributed by atoms with Crippen LogP contribution in [0, 0.1) is 0 Å². The minimum Gasteiger partial charge on any atom is -0.496 e.